The second-order valence-electron chi connectivity index (χ2n) is 3.98. The predicted molar refractivity (Wildman–Crippen MR) is 68.2 cm³/mol. The molecule has 0 radical (unpaired) electrons. The minimum Gasteiger partial charge on any atom is -0.385 e. The number of H-pyrrole nitrogens is 1. The number of nitrogens with one attached hydrogen (secondary N) is 3. The Labute approximate surface area is 109 Å². The van der Waals surface area contributed by atoms with Gasteiger partial charge in [0.25, 0.3) is 5.91 Å². The summed E-state index contributed by atoms with van der Waals surface area (Å²) >= 11 is 0. The van der Waals surface area contributed by atoms with E-state index in [1.807, 2.05) is 0 Å². The van der Waals surface area contributed by atoms with E-state index in [4.69, 9.17) is 0 Å². The molecule has 1 aromatic carbocycles. The summed E-state index contributed by atoms with van der Waals surface area (Å²) in [5.41, 5.74) is 0.415. The third-order valence-corrected chi connectivity index (χ3v) is 2.70. The van der Waals surface area contributed by atoms with Crippen LogP contribution in [0, 0.1) is 5.82 Å². The maximum atomic E-state index is 13.6. The molecule has 0 bridgehead atoms. The quantitative estimate of drug-likeness (QED) is 0.780. The first-order valence-electron chi connectivity index (χ1n) is 5.76. The molecule has 19 heavy (non-hydrogen) atoms. The van der Waals surface area contributed by atoms with Gasteiger partial charge in [-0.15, -0.1) is 0 Å². The fourth-order valence-corrected chi connectivity index (χ4v) is 1.73. The lowest BCUT2D eigenvalue weighted by molar-refractivity contribution is 0.0939. The second-order valence-corrected chi connectivity index (χ2v) is 3.98. The molecule has 1 amide bonds. The van der Waals surface area contributed by atoms with E-state index in [0.29, 0.717) is 5.82 Å². The van der Waals surface area contributed by atoms with E-state index in [0.717, 1.165) is 0 Å². The predicted octanol–water partition coefficient (Wildman–Crippen LogP) is 1.48. The zero-order chi connectivity index (χ0) is 13.8. The summed E-state index contributed by atoms with van der Waals surface area (Å²) in [6.45, 7) is 1.76. The van der Waals surface area contributed by atoms with Crippen molar-refractivity contribution in [2.45, 2.75) is 13.0 Å². The molecule has 0 aliphatic carbocycles. The van der Waals surface area contributed by atoms with Crippen LogP contribution in [-0.2, 0) is 0 Å². The van der Waals surface area contributed by atoms with Gasteiger partial charge in [0.1, 0.15) is 18.0 Å². The smallest absolute Gasteiger partial charge is 0.254 e. The number of para-hydroxylation sites is 1. The van der Waals surface area contributed by atoms with Crippen molar-refractivity contribution in [3.63, 3.8) is 0 Å². The molecule has 0 aliphatic heterocycles. The van der Waals surface area contributed by atoms with Crippen LogP contribution in [0.5, 0.6) is 0 Å². The number of amides is 1. The number of nitrogens with zero attached hydrogens (tertiary/aromatic N) is 2. The van der Waals surface area contributed by atoms with Gasteiger partial charge in [-0.1, -0.05) is 6.07 Å². The summed E-state index contributed by atoms with van der Waals surface area (Å²) < 4.78 is 13.6. The average Bonchev–Trinajstić information content (AvgIpc) is 2.92. The minimum atomic E-state index is -0.470. The molecule has 1 atom stereocenters. The summed E-state index contributed by atoms with van der Waals surface area (Å²) in [7, 11) is 1.56. The van der Waals surface area contributed by atoms with Crippen molar-refractivity contribution in [1.82, 2.24) is 20.5 Å². The Morgan fingerprint density at radius 2 is 2.26 bits per heavy atom. The van der Waals surface area contributed by atoms with Gasteiger partial charge in [-0.25, -0.2) is 9.37 Å². The van der Waals surface area contributed by atoms with Gasteiger partial charge >= 0.3 is 0 Å². The number of hydrogen-bond donors (Lipinski definition) is 3. The topological polar surface area (TPSA) is 82.7 Å². The van der Waals surface area contributed by atoms with E-state index in [-0.39, 0.29) is 23.2 Å². The van der Waals surface area contributed by atoms with Gasteiger partial charge in [-0.05, 0) is 19.1 Å². The van der Waals surface area contributed by atoms with Gasteiger partial charge < -0.3 is 10.6 Å². The normalized spacial score (nSPS) is 11.9. The third kappa shape index (κ3) is 2.70. The van der Waals surface area contributed by atoms with E-state index in [1.54, 1.807) is 20.0 Å². The highest BCUT2D eigenvalue weighted by Gasteiger charge is 2.17. The summed E-state index contributed by atoms with van der Waals surface area (Å²) in [4.78, 5) is 16.1. The van der Waals surface area contributed by atoms with Crippen LogP contribution in [0.2, 0.25) is 0 Å². The van der Waals surface area contributed by atoms with Gasteiger partial charge in [-0.3, -0.25) is 9.89 Å². The van der Waals surface area contributed by atoms with Crippen LogP contribution < -0.4 is 10.6 Å². The molecule has 6 nitrogen and oxygen atoms in total. The molecule has 2 rings (SSSR count). The number of benzene rings is 1. The van der Waals surface area contributed by atoms with Crippen LogP contribution in [0.25, 0.3) is 0 Å². The van der Waals surface area contributed by atoms with Crippen molar-refractivity contribution in [3.8, 4) is 0 Å². The molecule has 2 aromatic rings. The van der Waals surface area contributed by atoms with Gasteiger partial charge in [0, 0.05) is 7.05 Å². The van der Waals surface area contributed by atoms with E-state index in [9.17, 15) is 9.18 Å². The van der Waals surface area contributed by atoms with Gasteiger partial charge in [0.05, 0.1) is 17.3 Å². The average molecular weight is 263 g/mol. The van der Waals surface area contributed by atoms with Gasteiger partial charge in [0.2, 0.25) is 0 Å². The minimum absolute atomic E-state index is 0.171. The highest BCUT2D eigenvalue weighted by atomic mass is 19.1. The van der Waals surface area contributed by atoms with E-state index < -0.39 is 5.82 Å². The number of aromatic amines is 1. The van der Waals surface area contributed by atoms with Crippen LogP contribution in [-0.4, -0.2) is 28.1 Å². The highest BCUT2D eigenvalue weighted by molar-refractivity contribution is 5.99. The Bertz CT molecular complexity index is 570. The Morgan fingerprint density at radius 3 is 2.89 bits per heavy atom. The molecule has 0 saturated carbocycles. The Kier molecular flexibility index (Phi) is 3.74. The monoisotopic (exact) mass is 263 g/mol. The molecule has 0 saturated heterocycles. The first-order valence-corrected chi connectivity index (χ1v) is 5.76. The summed E-state index contributed by atoms with van der Waals surface area (Å²) in [5, 5.41) is 11.8. The van der Waals surface area contributed by atoms with Crippen molar-refractivity contribution >= 4 is 11.6 Å². The van der Waals surface area contributed by atoms with Crippen molar-refractivity contribution < 1.29 is 9.18 Å². The molecule has 1 aromatic heterocycles. The second kappa shape index (κ2) is 5.47. The van der Waals surface area contributed by atoms with Crippen LogP contribution in [0.3, 0.4) is 0 Å². The number of carbonyl (C=O) groups excluding carboxylic acids is 1. The molecule has 0 spiro atoms. The molecule has 7 heteroatoms. The van der Waals surface area contributed by atoms with Crippen LogP contribution in [0.1, 0.15) is 29.1 Å². The van der Waals surface area contributed by atoms with Crippen molar-refractivity contribution in [1.29, 1.82) is 0 Å². The molecule has 1 heterocycles. The Balaban J connectivity index is 2.19. The summed E-state index contributed by atoms with van der Waals surface area (Å²) in [5.74, 6) is -0.314. The number of rotatable bonds is 4. The lowest BCUT2D eigenvalue weighted by atomic mass is 10.1. The first kappa shape index (κ1) is 13.0. The maximum absolute atomic E-state index is 13.6. The molecule has 100 valence electrons. The third-order valence-electron chi connectivity index (χ3n) is 2.70. The number of carbonyl (C=O) groups is 1. The number of anilines is 1. The fraction of sp³-hybridized carbons (Fsp3) is 0.250. The Morgan fingerprint density at radius 1 is 1.47 bits per heavy atom. The molecule has 3 N–H and O–H groups in total. The highest BCUT2D eigenvalue weighted by Crippen LogP contribution is 2.19. The molecule has 0 aliphatic rings. The van der Waals surface area contributed by atoms with Crippen molar-refractivity contribution in [2.24, 2.45) is 0 Å². The zero-order valence-electron chi connectivity index (χ0n) is 10.6. The lowest BCUT2D eigenvalue weighted by Crippen LogP contribution is -2.28. The Hall–Kier alpha value is -2.44. The molecular weight excluding hydrogens is 249 g/mol. The largest absolute Gasteiger partial charge is 0.385 e. The lowest BCUT2D eigenvalue weighted by Gasteiger charge is -2.14. The van der Waals surface area contributed by atoms with E-state index >= 15 is 0 Å². The van der Waals surface area contributed by atoms with Crippen LogP contribution >= 0.6 is 0 Å². The van der Waals surface area contributed by atoms with E-state index in [1.165, 1.54) is 18.5 Å². The summed E-state index contributed by atoms with van der Waals surface area (Å²) in [6, 6.07) is 3.99. The summed E-state index contributed by atoms with van der Waals surface area (Å²) in [6.07, 6.45) is 1.36. The first-order chi connectivity index (χ1) is 9.13. The zero-order valence-corrected chi connectivity index (χ0v) is 10.6. The molecular formula is C12H14FN5O. The van der Waals surface area contributed by atoms with Crippen molar-refractivity contribution in [2.75, 3.05) is 12.4 Å². The molecule has 0 fully saturated rings. The number of halogens is 1. The molecule has 1 unspecified atom stereocenters. The SMILES string of the molecule is CNc1c(F)cccc1C(=O)NC(C)c1ncn[nH]1. The maximum Gasteiger partial charge on any atom is 0.254 e. The van der Waals surface area contributed by atoms with Gasteiger partial charge in [-0.2, -0.15) is 5.10 Å². The van der Waals surface area contributed by atoms with Crippen LogP contribution in [0.15, 0.2) is 24.5 Å². The van der Waals surface area contributed by atoms with Gasteiger partial charge in [0.15, 0.2) is 0 Å². The van der Waals surface area contributed by atoms with Crippen LogP contribution in [0.4, 0.5) is 10.1 Å². The van der Waals surface area contributed by atoms with Crippen molar-refractivity contribution in [3.05, 3.63) is 41.7 Å². The fourth-order valence-electron chi connectivity index (χ4n) is 1.73. The standard InChI is InChI=1S/C12H14FN5O/c1-7(11-15-6-16-18-11)17-12(19)8-4-3-5-9(13)10(8)14-2/h3-7,14H,1-2H3,(H,17,19)(H,15,16,18). The number of hydrogen-bond acceptors (Lipinski definition) is 4. The van der Waals surface area contributed by atoms with E-state index in [2.05, 4.69) is 25.8 Å². The number of aromatic nitrogens is 3.